The van der Waals surface area contributed by atoms with E-state index < -0.39 is 42.9 Å². The number of benzene rings is 3. The van der Waals surface area contributed by atoms with Crippen molar-refractivity contribution >= 4 is 71.8 Å². The van der Waals surface area contributed by atoms with Crippen molar-refractivity contribution in [1.82, 2.24) is 0 Å². The van der Waals surface area contributed by atoms with Gasteiger partial charge in [-0.1, -0.05) is 19.7 Å². The van der Waals surface area contributed by atoms with Crippen LogP contribution in [0, 0.1) is 0 Å². The van der Waals surface area contributed by atoms with Crippen LogP contribution in [0.1, 0.15) is 20.8 Å². The Morgan fingerprint density at radius 1 is 0.441 bits per heavy atom. The number of carbonyl (C=O) groups excluding carboxylic acids is 6. The van der Waals surface area contributed by atoms with Crippen LogP contribution in [0.2, 0.25) is 0 Å². The van der Waals surface area contributed by atoms with Gasteiger partial charge in [-0.3, -0.25) is 16.0 Å². The minimum atomic E-state index is -3.76. The van der Waals surface area contributed by atoms with Gasteiger partial charge < -0.3 is 42.0 Å². The number of anilines is 3. The van der Waals surface area contributed by atoms with Crippen molar-refractivity contribution in [1.29, 1.82) is 0 Å². The Kier molecular flexibility index (Phi) is 18.5. The molecule has 0 spiro atoms. The third kappa shape index (κ3) is 17.9. The Bertz CT molecular complexity index is 1820. The van der Waals surface area contributed by atoms with E-state index in [4.69, 9.17) is 53.8 Å². The monoisotopic (exact) mass is 855 g/mol. The lowest BCUT2D eigenvalue weighted by Crippen LogP contribution is -2.18. The smallest absolute Gasteiger partial charge is 0.459 e. The molecule has 314 valence electrons. The molecule has 0 fully saturated rings. The first kappa shape index (κ1) is 46.5. The summed E-state index contributed by atoms with van der Waals surface area (Å²) in [5.74, 6) is -1.22. The van der Waals surface area contributed by atoms with E-state index in [0.717, 1.165) is 0 Å². The lowest BCUT2D eigenvalue weighted by atomic mass is 10.3. The SMILES string of the molecule is C=C(C)C(=O)OCCOC(=O)Nc1ccc(OP(=S)(Oc2ccc(NC(=O)OCCOC(=O)C(=C)C)cc2)Oc2ccc(NC(=O)OCCOC(=O)C(=C)C)cc2)cc1. The number of ether oxygens (including phenoxy) is 6. The van der Waals surface area contributed by atoms with Crippen LogP contribution in [0.5, 0.6) is 17.2 Å². The minimum absolute atomic E-state index is 0.152. The third-order valence-corrected chi connectivity index (χ3v) is 8.62. The number of hydrogen-bond acceptors (Lipinski definition) is 16. The first-order chi connectivity index (χ1) is 28.0. The lowest BCUT2D eigenvalue weighted by Gasteiger charge is -2.23. The third-order valence-electron chi connectivity index (χ3n) is 6.65. The van der Waals surface area contributed by atoms with E-state index in [2.05, 4.69) is 35.7 Å². The topological polar surface area (TPSA) is 222 Å². The molecule has 0 atom stereocenters. The highest BCUT2D eigenvalue weighted by molar-refractivity contribution is 8.08. The highest BCUT2D eigenvalue weighted by atomic mass is 32.5. The Hall–Kier alpha value is -6.85. The zero-order chi connectivity index (χ0) is 43.4. The average Bonchev–Trinajstić information content (AvgIpc) is 3.18. The molecule has 3 aromatic carbocycles. The maximum Gasteiger partial charge on any atom is 0.490 e. The molecule has 0 aromatic heterocycles. The maximum atomic E-state index is 12.2. The van der Waals surface area contributed by atoms with E-state index in [1.807, 2.05) is 0 Å². The summed E-state index contributed by atoms with van der Waals surface area (Å²) < 4.78 is 47.9. The van der Waals surface area contributed by atoms with E-state index in [1.165, 1.54) is 93.6 Å². The van der Waals surface area contributed by atoms with Gasteiger partial charge in [0.25, 0.3) is 0 Å². The predicted molar refractivity (Wildman–Crippen MR) is 218 cm³/mol. The molecule has 20 heteroatoms. The Morgan fingerprint density at radius 2 is 0.661 bits per heavy atom. The summed E-state index contributed by atoms with van der Waals surface area (Å²) in [5, 5.41) is 7.58. The number of carbonyl (C=O) groups is 6. The number of hydrogen-bond donors (Lipinski definition) is 3. The van der Waals surface area contributed by atoms with Crippen LogP contribution >= 0.6 is 6.72 Å². The van der Waals surface area contributed by atoms with Crippen molar-refractivity contribution < 1.29 is 70.8 Å². The quantitative estimate of drug-likeness (QED) is 0.0311. The first-order valence-corrected chi connectivity index (χ1v) is 19.9. The molecule has 59 heavy (non-hydrogen) atoms. The summed E-state index contributed by atoms with van der Waals surface area (Å²) in [6.07, 6.45) is -2.40. The van der Waals surface area contributed by atoms with Gasteiger partial charge in [-0.15, -0.1) is 0 Å². The zero-order valence-corrected chi connectivity index (χ0v) is 34.0. The number of rotatable bonds is 21. The largest absolute Gasteiger partial charge is 0.490 e. The van der Waals surface area contributed by atoms with Crippen LogP contribution in [0.3, 0.4) is 0 Å². The second-order valence-corrected chi connectivity index (χ2v) is 14.6. The molecular formula is C39H42N3O15PS. The lowest BCUT2D eigenvalue weighted by molar-refractivity contribution is -0.140. The summed E-state index contributed by atoms with van der Waals surface area (Å²) in [6, 6.07) is 18.0. The Balaban J connectivity index is 1.66. The summed E-state index contributed by atoms with van der Waals surface area (Å²) >= 11 is 5.79. The van der Waals surface area contributed by atoms with Gasteiger partial charge in [-0.2, -0.15) is 0 Å². The van der Waals surface area contributed by atoms with Crippen LogP contribution < -0.4 is 29.5 Å². The van der Waals surface area contributed by atoms with E-state index in [1.54, 1.807) is 0 Å². The van der Waals surface area contributed by atoms with Gasteiger partial charge in [0.05, 0.1) is 0 Å². The Labute approximate surface area is 344 Å². The van der Waals surface area contributed by atoms with Crippen LogP contribution in [0.4, 0.5) is 31.4 Å². The van der Waals surface area contributed by atoms with Crippen LogP contribution in [-0.2, 0) is 54.6 Å². The molecule has 0 aliphatic carbocycles. The number of esters is 3. The molecular weight excluding hydrogens is 813 g/mol. The summed E-state index contributed by atoms with van der Waals surface area (Å²) in [6.45, 7) is 10.1. The van der Waals surface area contributed by atoms with E-state index in [0.29, 0.717) is 17.1 Å². The molecule has 0 radical (unpaired) electrons. The highest BCUT2D eigenvalue weighted by Crippen LogP contribution is 2.50. The molecule has 0 saturated heterocycles. The van der Waals surface area contributed by atoms with E-state index in [-0.39, 0.29) is 73.6 Å². The van der Waals surface area contributed by atoms with Crippen molar-refractivity contribution in [3.63, 3.8) is 0 Å². The molecule has 3 N–H and O–H groups in total. The van der Waals surface area contributed by atoms with Gasteiger partial charge in [-0.25, -0.2) is 28.8 Å². The van der Waals surface area contributed by atoms with Gasteiger partial charge in [0, 0.05) is 45.6 Å². The molecule has 18 nitrogen and oxygen atoms in total. The Morgan fingerprint density at radius 3 is 0.881 bits per heavy atom. The van der Waals surface area contributed by atoms with Crippen molar-refractivity contribution in [3.05, 3.63) is 109 Å². The van der Waals surface area contributed by atoms with E-state index in [9.17, 15) is 28.8 Å². The summed E-state index contributed by atoms with van der Waals surface area (Å²) in [5.41, 5.74) is 1.64. The molecule has 0 aliphatic heterocycles. The zero-order valence-electron chi connectivity index (χ0n) is 32.3. The van der Waals surface area contributed by atoms with E-state index >= 15 is 0 Å². The summed E-state index contributed by atoms with van der Waals surface area (Å²) in [7, 11) is 0. The minimum Gasteiger partial charge on any atom is -0.459 e. The second-order valence-electron chi connectivity index (χ2n) is 11.8. The second kappa shape index (κ2) is 23.4. The number of amides is 3. The predicted octanol–water partition coefficient (Wildman–Crippen LogP) is 7.45. The fourth-order valence-electron chi connectivity index (χ4n) is 3.88. The van der Waals surface area contributed by atoms with Gasteiger partial charge in [0.15, 0.2) is 0 Å². The van der Waals surface area contributed by atoms with Gasteiger partial charge in [-0.05, 0) is 93.6 Å². The molecule has 3 rings (SSSR count). The standard InChI is InChI=1S/C39H42N3O15PS/c1-25(2)34(43)49-19-22-52-37(46)40-28-7-13-31(14-8-28)55-58(59,56-32-15-9-29(10-16-32)41-38(47)53-23-20-50-35(44)26(3)4)57-33-17-11-30(12-18-33)42-39(48)54-24-21-51-36(45)27(5)6/h7-18H,1,3,5,19-24H2,2,4,6H3,(H,40,46)(H,41,47)(H,42,48). The fraction of sp³-hybridized carbons (Fsp3) is 0.231. The van der Waals surface area contributed by atoms with Gasteiger partial charge >= 0.3 is 42.9 Å². The molecule has 0 bridgehead atoms. The molecule has 3 aromatic rings. The number of nitrogens with one attached hydrogen (secondary N) is 3. The van der Waals surface area contributed by atoms with Gasteiger partial charge in [0.2, 0.25) is 0 Å². The average molecular weight is 856 g/mol. The molecule has 0 saturated carbocycles. The normalized spacial score (nSPS) is 10.4. The van der Waals surface area contributed by atoms with Crippen molar-refractivity contribution in [2.75, 3.05) is 55.6 Å². The molecule has 0 heterocycles. The van der Waals surface area contributed by atoms with Crippen LogP contribution in [-0.4, -0.2) is 75.8 Å². The van der Waals surface area contributed by atoms with Crippen molar-refractivity contribution in [3.8, 4) is 17.2 Å². The molecule has 0 aliphatic rings. The maximum absolute atomic E-state index is 12.2. The van der Waals surface area contributed by atoms with Crippen LogP contribution in [0.25, 0.3) is 0 Å². The first-order valence-electron chi connectivity index (χ1n) is 17.3. The fourth-order valence-corrected chi connectivity index (χ4v) is 5.90. The molecule has 3 amide bonds. The van der Waals surface area contributed by atoms with Gasteiger partial charge in [0.1, 0.15) is 56.9 Å². The van der Waals surface area contributed by atoms with Crippen molar-refractivity contribution in [2.24, 2.45) is 0 Å². The van der Waals surface area contributed by atoms with Crippen molar-refractivity contribution in [2.45, 2.75) is 20.8 Å². The summed E-state index contributed by atoms with van der Waals surface area (Å²) in [4.78, 5) is 71.0. The highest BCUT2D eigenvalue weighted by Gasteiger charge is 2.27. The molecule has 0 unspecified atom stereocenters. The van der Waals surface area contributed by atoms with Crippen LogP contribution in [0.15, 0.2) is 109 Å².